The van der Waals surface area contributed by atoms with Crippen LogP contribution in [0.2, 0.25) is 0 Å². The fourth-order valence-electron chi connectivity index (χ4n) is 1.43. The summed E-state index contributed by atoms with van der Waals surface area (Å²) in [4.78, 5) is 0.168. The molecule has 1 atom stereocenters. The van der Waals surface area contributed by atoms with E-state index in [4.69, 9.17) is 5.73 Å². The Morgan fingerprint density at radius 1 is 1.39 bits per heavy atom. The number of nitrogens with two attached hydrogens (primary N) is 1. The molecule has 18 heavy (non-hydrogen) atoms. The lowest BCUT2D eigenvalue weighted by atomic mass is 10.1. The van der Waals surface area contributed by atoms with Crippen molar-refractivity contribution in [1.82, 2.24) is 4.37 Å². The van der Waals surface area contributed by atoms with E-state index in [2.05, 4.69) is 23.5 Å². The molecule has 0 saturated carbocycles. The molecule has 0 aromatic carbocycles. The van der Waals surface area contributed by atoms with Gasteiger partial charge in [0, 0.05) is 6.04 Å². The predicted octanol–water partition coefficient (Wildman–Crippen LogP) is 2.37. The van der Waals surface area contributed by atoms with Gasteiger partial charge in [-0.25, -0.2) is 8.42 Å². The third-order valence-electron chi connectivity index (χ3n) is 2.82. The second-order valence-corrected chi connectivity index (χ2v) is 7.54. The SMILES string of the molecule is CCCS(=O)(=O)c1c(N)nsc1NC(C)C(C)C. The van der Waals surface area contributed by atoms with Gasteiger partial charge in [-0.3, -0.25) is 0 Å². The number of hydrogen-bond donors (Lipinski definition) is 2. The van der Waals surface area contributed by atoms with Gasteiger partial charge in [0.2, 0.25) is 0 Å². The lowest BCUT2D eigenvalue weighted by Crippen LogP contribution is -2.22. The molecule has 3 N–H and O–H groups in total. The number of nitrogen functional groups attached to an aromatic ring is 1. The number of aromatic nitrogens is 1. The maximum Gasteiger partial charge on any atom is 0.185 e. The highest BCUT2D eigenvalue weighted by Gasteiger charge is 2.25. The van der Waals surface area contributed by atoms with E-state index in [-0.39, 0.29) is 22.5 Å². The van der Waals surface area contributed by atoms with Crippen LogP contribution in [-0.2, 0) is 9.84 Å². The third kappa shape index (κ3) is 3.35. The van der Waals surface area contributed by atoms with Crippen molar-refractivity contribution in [2.75, 3.05) is 16.8 Å². The molecule has 0 radical (unpaired) electrons. The van der Waals surface area contributed by atoms with Crippen molar-refractivity contribution in [2.24, 2.45) is 5.92 Å². The summed E-state index contributed by atoms with van der Waals surface area (Å²) < 4.78 is 28.2. The van der Waals surface area contributed by atoms with Gasteiger partial charge in [0.05, 0.1) is 5.75 Å². The third-order valence-corrected chi connectivity index (χ3v) is 5.72. The van der Waals surface area contributed by atoms with Crippen molar-refractivity contribution < 1.29 is 8.42 Å². The summed E-state index contributed by atoms with van der Waals surface area (Å²) in [6.45, 7) is 7.98. The zero-order chi connectivity index (χ0) is 13.9. The van der Waals surface area contributed by atoms with Gasteiger partial charge in [0.15, 0.2) is 15.7 Å². The van der Waals surface area contributed by atoms with Crippen molar-refractivity contribution in [3.05, 3.63) is 0 Å². The monoisotopic (exact) mass is 291 g/mol. The molecule has 0 bridgehead atoms. The molecule has 1 aromatic heterocycles. The molecule has 0 aliphatic rings. The minimum atomic E-state index is -3.34. The molecule has 104 valence electrons. The van der Waals surface area contributed by atoms with Gasteiger partial charge in [0.1, 0.15) is 9.90 Å². The summed E-state index contributed by atoms with van der Waals surface area (Å²) in [5, 5.41) is 3.75. The summed E-state index contributed by atoms with van der Waals surface area (Å²) in [6, 6.07) is 0.167. The van der Waals surface area contributed by atoms with Crippen LogP contribution >= 0.6 is 11.5 Å². The van der Waals surface area contributed by atoms with Gasteiger partial charge in [-0.05, 0) is 30.8 Å². The highest BCUT2D eigenvalue weighted by molar-refractivity contribution is 7.91. The van der Waals surface area contributed by atoms with E-state index in [1.165, 1.54) is 0 Å². The van der Waals surface area contributed by atoms with Crippen molar-refractivity contribution in [2.45, 2.75) is 45.1 Å². The van der Waals surface area contributed by atoms with Gasteiger partial charge >= 0.3 is 0 Å². The van der Waals surface area contributed by atoms with Crippen LogP contribution in [0.25, 0.3) is 0 Å². The first-order valence-electron chi connectivity index (χ1n) is 6.04. The lowest BCUT2D eigenvalue weighted by molar-refractivity contribution is 0.559. The second-order valence-electron chi connectivity index (χ2n) is 4.72. The molecule has 0 aliphatic heterocycles. The number of hydrogen-bond acceptors (Lipinski definition) is 6. The minimum absolute atomic E-state index is 0.0976. The first-order valence-corrected chi connectivity index (χ1v) is 8.46. The second kappa shape index (κ2) is 5.88. The van der Waals surface area contributed by atoms with Gasteiger partial charge in [-0.2, -0.15) is 4.37 Å². The van der Waals surface area contributed by atoms with E-state index in [0.717, 1.165) is 11.5 Å². The molecule has 1 unspecified atom stereocenters. The van der Waals surface area contributed by atoms with E-state index in [1.54, 1.807) is 0 Å². The van der Waals surface area contributed by atoms with E-state index in [1.807, 2.05) is 13.8 Å². The first kappa shape index (κ1) is 15.2. The van der Waals surface area contributed by atoms with Crippen LogP contribution in [0.5, 0.6) is 0 Å². The fraction of sp³-hybridized carbons (Fsp3) is 0.727. The van der Waals surface area contributed by atoms with Crippen molar-refractivity contribution in [1.29, 1.82) is 0 Å². The summed E-state index contributed by atoms with van der Waals surface area (Å²) in [6.07, 6.45) is 0.566. The highest BCUT2D eigenvalue weighted by atomic mass is 32.2. The lowest BCUT2D eigenvalue weighted by Gasteiger charge is -2.18. The van der Waals surface area contributed by atoms with Crippen LogP contribution in [0.1, 0.15) is 34.1 Å². The molecular weight excluding hydrogens is 270 g/mol. The first-order chi connectivity index (χ1) is 8.29. The average molecular weight is 291 g/mol. The minimum Gasteiger partial charge on any atom is -0.382 e. The smallest absolute Gasteiger partial charge is 0.185 e. The Bertz CT molecular complexity index is 494. The fourth-order valence-corrected chi connectivity index (χ4v) is 4.14. The maximum absolute atomic E-state index is 12.1. The number of sulfone groups is 1. The van der Waals surface area contributed by atoms with Crippen LogP contribution in [0, 0.1) is 5.92 Å². The molecule has 0 saturated heterocycles. The van der Waals surface area contributed by atoms with E-state index in [0.29, 0.717) is 17.3 Å². The highest BCUT2D eigenvalue weighted by Crippen LogP contribution is 2.33. The van der Waals surface area contributed by atoms with Crippen LogP contribution in [0.3, 0.4) is 0 Å². The number of nitrogens with one attached hydrogen (secondary N) is 1. The molecule has 1 heterocycles. The summed E-state index contributed by atoms with van der Waals surface area (Å²) in [5.41, 5.74) is 5.69. The van der Waals surface area contributed by atoms with Crippen LogP contribution in [-0.4, -0.2) is 24.6 Å². The van der Waals surface area contributed by atoms with Gasteiger partial charge in [-0.15, -0.1) is 0 Å². The van der Waals surface area contributed by atoms with E-state index >= 15 is 0 Å². The molecule has 0 amide bonds. The van der Waals surface area contributed by atoms with Crippen molar-refractivity contribution >= 4 is 32.2 Å². The molecule has 7 heteroatoms. The summed E-state index contributed by atoms with van der Waals surface area (Å²) >= 11 is 1.11. The Balaban J connectivity index is 3.10. The Morgan fingerprint density at radius 2 is 2.00 bits per heavy atom. The van der Waals surface area contributed by atoms with E-state index < -0.39 is 9.84 Å². The average Bonchev–Trinajstić information content (AvgIpc) is 2.60. The number of anilines is 2. The largest absolute Gasteiger partial charge is 0.382 e. The maximum atomic E-state index is 12.1. The van der Waals surface area contributed by atoms with Gasteiger partial charge in [-0.1, -0.05) is 20.8 Å². The molecular formula is C11H21N3O2S2. The molecule has 0 aliphatic carbocycles. The Morgan fingerprint density at radius 3 is 2.50 bits per heavy atom. The molecule has 1 aromatic rings. The standard InChI is InChI=1S/C11H21N3O2S2/c1-5-6-18(15,16)9-10(12)14-17-11(9)13-8(4)7(2)3/h7-8,13H,5-6H2,1-4H3,(H2,12,14). The molecule has 0 fully saturated rings. The van der Waals surface area contributed by atoms with Crippen molar-refractivity contribution in [3.8, 4) is 0 Å². The van der Waals surface area contributed by atoms with Crippen LogP contribution in [0.4, 0.5) is 10.8 Å². The Labute approximate surface area is 113 Å². The quantitative estimate of drug-likeness (QED) is 0.840. The van der Waals surface area contributed by atoms with Crippen LogP contribution < -0.4 is 11.1 Å². The number of rotatable bonds is 6. The Kier molecular flexibility index (Phi) is 4.98. The number of nitrogens with zero attached hydrogens (tertiary/aromatic N) is 1. The summed E-state index contributed by atoms with van der Waals surface area (Å²) in [5.74, 6) is 0.599. The zero-order valence-electron chi connectivity index (χ0n) is 11.2. The van der Waals surface area contributed by atoms with Crippen molar-refractivity contribution in [3.63, 3.8) is 0 Å². The summed E-state index contributed by atoms with van der Waals surface area (Å²) in [7, 11) is -3.34. The predicted molar refractivity (Wildman–Crippen MR) is 76.8 cm³/mol. The van der Waals surface area contributed by atoms with Crippen LogP contribution in [0.15, 0.2) is 4.90 Å². The topological polar surface area (TPSA) is 85.1 Å². The van der Waals surface area contributed by atoms with E-state index in [9.17, 15) is 8.42 Å². The van der Waals surface area contributed by atoms with Gasteiger partial charge < -0.3 is 11.1 Å². The Hall–Kier alpha value is -0.820. The zero-order valence-corrected chi connectivity index (χ0v) is 12.9. The molecule has 0 spiro atoms. The molecule has 1 rings (SSSR count). The molecule has 5 nitrogen and oxygen atoms in total. The van der Waals surface area contributed by atoms with Gasteiger partial charge in [0.25, 0.3) is 0 Å². The normalized spacial score (nSPS) is 13.8.